The Balaban J connectivity index is 0. The van der Waals surface area contributed by atoms with Crippen molar-refractivity contribution in [3.8, 4) is 0 Å². The van der Waals surface area contributed by atoms with Crippen LogP contribution < -0.4 is 5.73 Å². The molecule has 0 radical (unpaired) electrons. The van der Waals surface area contributed by atoms with Crippen LogP contribution in [0.1, 0.15) is 47.0 Å². The van der Waals surface area contributed by atoms with Crippen LogP contribution in [0.4, 0.5) is 0 Å². The Kier molecular flexibility index (Phi) is 8.16. The lowest BCUT2D eigenvalue weighted by molar-refractivity contribution is -0.156. The predicted octanol–water partition coefficient (Wildman–Crippen LogP) is 2.27. The molecular weight excluding hydrogens is 202 g/mol. The van der Waals surface area contributed by atoms with E-state index in [1.807, 2.05) is 20.8 Å². The van der Waals surface area contributed by atoms with Crippen molar-refractivity contribution in [3.63, 3.8) is 0 Å². The lowest BCUT2D eigenvalue weighted by Crippen LogP contribution is -2.37. The maximum absolute atomic E-state index is 11.3. The van der Waals surface area contributed by atoms with E-state index < -0.39 is 11.6 Å². The monoisotopic (exact) mass is 223 g/mol. The van der Waals surface area contributed by atoms with Crippen molar-refractivity contribution in [1.29, 1.82) is 0 Å². The fourth-order valence-electron chi connectivity index (χ4n) is 0.919. The Labute approximate surface area is 92.8 Å². The van der Waals surface area contributed by atoms with E-state index in [2.05, 4.69) is 6.92 Å². The standard InChI is InChI=1S/C10H21NO2.ClH/c1-5-6-7-8(11)9(12)13-10(2,3)4;/h8H,5-7,11H2,1-4H3;1H/t8-;/m1./s1. The van der Waals surface area contributed by atoms with Crippen LogP contribution in [0.25, 0.3) is 0 Å². The average molecular weight is 224 g/mol. The maximum Gasteiger partial charge on any atom is 0.323 e. The smallest absolute Gasteiger partial charge is 0.323 e. The quantitative estimate of drug-likeness (QED) is 0.744. The maximum atomic E-state index is 11.3. The summed E-state index contributed by atoms with van der Waals surface area (Å²) in [4.78, 5) is 11.3. The van der Waals surface area contributed by atoms with E-state index in [-0.39, 0.29) is 18.4 Å². The minimum absolute atomic E-state index is 0. The number of ether oxygens (including phenoxy) is 1. The summed E-state index contributed by atoms with van der Waals surface area (Å²) in [5.74, 6) is -0.291. The van der Waals surface area contributed by atoms with Crippen LogP contribution in [0.3, 0.4) is 0 Å². The number of carbonyl (C=O) groups is 1. The van der Waals surface area contributed by atoms with Gasteiger partial charge in [-0.2, -0.15) is 0 Å². The average Bonchev–Trinajstić information content (AvgIpc) is 1.96. The minimum atomic E-state index is -0.459. The van der Waals surface area contributed by atoms with Crippen LogP contribution in [0.2, 0.25) is 0 Å². The molecule has 86 valence electrons. The number of halogens is 1. The van der Waals surface area contributed by atoms with Crippen LogP contribution in [0.5, 0.6) is 0 Å². The number of rotatable bonds is 4. The van der Waals surface area contributed by atoms with Gasteiger partial charge in [-0.15, -0.1) is 12.4 Å². The van der Waals surface area contributed by atoms with Crippen LogP contribution >= 0.6 is 12.4 Å². The van der Waals surface area contributed by atoms with Gasteiger partial charge in [0.05, 0.1) is 0 Å². The molecule has 0 fully saturated rings. The molecule has 0 heterocycles. The first kappa shape index (κ1) is 16.2. The van der Waals surface area contributed by atoms with E-state index >= 15 is 0 Å². The highest BCUT2D eigenvalue weighted by atomic mass is 35.5. The van der Waals surface area contributed by atoms with Crippen molar-refractivity contribution in [1.82, 2.24) is 0 Å². The molecule has 0 aliphatic rings. The van der Waals surface area contributed by atoms with E-state index in [9.17, 15) is 4.79 Å². The van der Waals surface area contributed by atoms with Gasteiger partial charge in [0.2, 0.25) is 0 Å². The van der Waals surface area contributed by atoms with Crippen LogP contribution in [-0.2, 0) is 9.53 Å². The summed E-state index contributed by atoms with van der Waals surface area (Å²) >= 11 is 0. The molecule has 14 heavy (non-hydrogen) atoms. The lowest BCUT2D eigenvalue weighted by atomic mass is 10.1. The molecule has 0 aromatic heterocycles. The molecule has 3 nitrogen and oxygen atoms in total. The van der Waals surface area contributed by atoms with Crippen LogP contribution in [-0.4, -0.2) is 17.6 Å². The van der Waals surface area contributed by atoms with Gasteiger partial charge in [0.1, 0.15) is 11.6 Å². The third-order valence-corrected chi connectivity index (χ3v) is 1.58. The summed E-state index contributed by atoms with van der Waals surface area (Å²) < 4.78 is 5.13. The number of esters is 1. The van der Waals surface area contributed by atoms with Gasteiger partial charge in [-0.25, -0.2) is 0 Å². The summed E-state index contributed by atoms with van der Waals surface area (Å²) in [7, 11) is 0. The number of nitrogens with two attached hydrogens (primary N) is 1. The van der Waals surface area contributed by atoms with Gasteiger partial charge in [0.15, 0.2) is 0 Å². The zero-order valence-electron chi connectivity index (χ0n) is 9.50. The zero-order valence-corrected chi connectivity index (χ0v) is 10.3. The molecule has 0 aromatic rings. The molecule has 0 rings (SSSR count). The molecule has 4 heteroatoms. The summed E-state index contributed by atoms with van der Waals surface area (Å²) in [5, 5.41) is 0. The second kappa shape index (κ2) is 7.07. The Morgan fingerprint density at radius 2 is 1.93 bits per heavy atom. The molecule has 0 saturated heterocycles. The molecule has 0 aliphatic heterocycles. The number of hydrogen-bond acceptors (Lipinski definition) is 3. The highest BCUT2D eigenvalue weighted by Gasteiger charge is 2.21. The van der Waals surface area contributed by atoms with Gasteiger partial charge < -0.3 is 10.5 Å². The minimum Gasteiger partial charge on any atom is -0.459 e. The Bertz CT molecular complexity index is 166. The molecule has 2 N–H and O–H groups in total. The van der Waals surface area contributed by atoms with Gasteiger partial charge in [0.25, 0.3) is 0 Å². The molecule has 1 atom stereocenters. The summed E-state index contributed by atoms with van der Waals surface area (Å²) in [6.45, 7) is 7.61. The van der Waals surface area contributed by atoms with Crippen molar-refractivity contribution in [2.24, 2.45) is 5.73 Å². The summed E-state index contributed by atoms with van der Waals surface area (Å²) in [6.07, 6.45) is 2.74. The highest BCUT2D eigenvalue weighted by Crippen LogP contribution is 2.09. The van der Waals surface area contributed by atoms with Crippen molar-refractivity contribution >= 4 is 18.4 Å². The Morgan fingerprint density at radius 1 is 1.43 bits per heavy atom. The summed E-state index contributed by atoms with van der Waals surface area (Å²) in [5.41, 5.74) is 5.21. The molecule has 0 amide bonds. The van der Waals surface area contributed by atoms with Crippen molar-refractivity contribution in [3.05, 3.63) is 0 Å². The second-order valence-corrected chi connectivity index (χ2v) is 4.28. The molecular formula is C10H22ClNO2. The van der Waals surface area contributed by atoms with Gasteiger partial charge in [0, 0.05) is 0 Å². The zero-order chi connectivity index (χ0) is 10.5. The number of hydrogen-bond donors (Lipinski definition) is 1. The third kappa shape index (κ3) is 8.32. The molecule has 0 saturated carbocycles. The largest absolute Gasteiger partial charge is 0.459 e. The van der Waals surface area contributed by atoms with Crippen molar-refractivity contribution < 1.29 is 9.53 Å². The molecule has 0 unspecified atom stereocenters. The summed E-state index contributed by atoms with van der Waals surface area (Å²) in [6, 6.07) is -0.459. The fourth-order valence-corrected chi connectivity index (χ4v) is 0.919. The van der Waals surface area contributed by atoms with E-state index in [0.29, 0.717) is 6.42 Å². The number of carbonyl (C=O) groups excluding carboxylic acids is 1. The van der Waals surface area contributed by atoms with E-state index in [1.54, 1.807) is 0 Å². The first-order valence-corrected chi connectivity index (χ1v) is 4.85. The highest BCUT2D eigenvalue weighted by molar-refractivity contribution is 5.85. The second-order valence-electron chi connectivity index (χ2n) is 4.28. The Morgan fingerprint density at radius 3 is 2.29 bits per heavy atom. The third-order valence-electron chi connectivity index (χ3n) is 1.58. The SMILES string of the molecule is CCCC[C@@H](N)C(=O)OC(C)(C)C.Cl. The van der Waals surface area contributed by atoms with E-state index in [0.717, 1.165) is 12.8 Å². The fraction of sp³-hybridized carbons (Fsp3) is 0.900. The molecule has 0 spiro atoms. The molecule has 0 aliphatic carbocycles. The van der Waals surface area contributed by atoms with Crippen LogP contribution in [0.15, 0.2) is 0 Å². The van der Waals surface area contributed by atoms with Crippen molar-refractivity contribution in [2.45, 2.75) is 58.6 Å². The normalized spacial score (nSPS) is 12.9. The van der Waals surface area contributed by atoms with Gasteiger partial charge in [-0.05, 0) is 27.2 Å². The van der Waals surface area contributed by atoms with Gasteiger partial charge in [-0.3, -0.25) is 4.79 Å². The topological polar surface area (TPSA) is 52.3 Å². The first-order chi connectivity index (χ1) is 5.87. The lowest BCUT2D eigenvalue weighted by Gasteiger charge is -2.22. The van der Waals surface area contributed by atoms with Gasteiger partial charge >= 0.3 is 5.97 Å². The van der Waals surface area contributed by atoms with Crippen molar-refractivity contribution in [2.75, 3.05) is 0 Å². The van der Waals surface area contributed by atoms with Gasteiger partial charge in [-0.1, -0.05) is 19.8 Å². The first-order valence-electron chi connectivity index (χ1n) is 4.85. The molecule has 0 bridgehead atoms. The predicted molar refractivity (Wildman–Crippen MR) is 60.6 cm³/mol. The van der Waals surface area contributed by atoms with E-state index in [4.69, 9.17) is 10.5 Å². The Hall–Kier alpha value is -0.280. The van der Waals surface area contributed by atoms with E-state index in [1.165, 1.54) is 0 Å². The van der Waals surface area contributed by atoms with Crippen LogP contribution in [0, 0.1) is 0 Å². The number of unbranched alkanes of at least 4 members (excludes halogenated alkanes) is 1. The molecule has 0 aromatic carbocycles.